The highest BCUT2D eigenvalue weighted by Crippen LogP contribution is 2.15. The van der Waals surface area contributed by atoms with Crippen molar-refractivity contribution in [1.82, 2.24) is 4.98 Å². The van der Waals surface area contributed by atoms with E-state index in [1.165, 1.54) is 0 Å². The predicted octanol–water partition coefficient (Wildman–Crippen LogP) is 3.73. The molecule has 1 aromatic heterocycles. The van der Waals surface area contributed by atoms with E-state index in [0.29, 0.717) is 11.1 Å². The number of pyridine rings is 1. The van der Waals surface area contributed by atoms with Crippen LogP contribution in [0.25, 0.3) is 0 Å². The van der Waals surface area contributed by atoms with Crippen molar-refractivity contribution >= 4 is 27.8 Å². The number of carbonyl (C=O) groups excluding carboxylic acids is 1. The molecule has 0 aliphatic heterocycles. The summed E-state index contributed by atoms with van der Waals surface area (Å²) in [5.41, 5.74) is 1.85. The van der Waals surface area contributed by atoms with Crippen molar-refractivity contribution < 1.29 is 9.53 Å². The topological polar surface area (TPSA) is 51.2 Å². The maximum Gasteiger partial charge on any atom is 0.413 e. The average Bonchev–Trinajstić information content (AvgIpc) is 2.47. The van der Waals surface area contributed by atoms with Gasteiger partial charge in [0.25, 0.3) is 0 Å². The van der Waals surface area contributed by atoms with E-state index in [2.05, 4.69) is 26.2 Å². The Balaban J connectivity index is 1.91. The van der Waals surface area contributed by atoms with Gasteiger partial charge in [0.05, 0.1) is 0 Å². The van der Waals surface area contributed by atoms with Gasteiger partial charge in [-0.2, -0.15) is 0 Å². The number of hydrogen-bond donors (Lipinski definition) is 1. The van der Waals surface area contributed by atoms with Crippen LogP contribution in [0.5, 0.6) is 0 Å². The average molecular weight is 321 g/mol. The smallest absolute Gasteiger partial charge is 0.413 e. The molecule has 5 heteroatoms. The van der Waals surface area contributed by atoms with Gasteiger partial charge < -0.3 is 4.74 Å². The molecule has 1 heterocycles. The summed E-state index contributed by atoms with van der Waals surface area (Å²) in [4.78, 5) is 15.8. The Bertz CT molecular complexity index is 546. The molecule has 0 spiro atoms. The molecule has 1 aromatic carbocycles. The summed E-state index contributed by atoms with van der Waals surface area (Å²) in [7, 11) is 0. The Kier molecular flexibility index (Phi) is 4.92. The van der Waals surface area contributed by atoms with Crippen molar-refractivity contribution in [1.29, 1.82) is 0 Å². The monoisotopic (exact) mass is 320 g/mol. The number of amides is 1. The van der Waals surface area contributed by atoms with Gasteiger partial charge >= 0.3 is 6.09 Å². The zero-order valence-corrected chi connectivity index (χ0v) is 11.8. The maximum atomic E-state index is 11.7. The molecular formula is C14H13BrN2O2. The van der Waals surface area contributed by atoms with Crippen LogP contribution in [0.3, 0.4) is 0 Å². The van der Waals surface area contributed by atoms with Crippen LogP contribution >= 0.6 is 15.9 Å². The van der Waals surface area contributed by atoms with Crippen molar-refractivity contribution in [3.05, 3.63) is 59.8 Å². The lowest BCUT2D eigenvalue weighted by Gasteiger charge is -2.08. The second-order valence-corrected chi connectivity index (χ2v) is 4.39. The molecule has 0 unspecified atom stereocenters. The van der Waals surface area contributed by atoms with E-state index in [1.807, 2.05) is 42.5 Å². The van der Waals surface area contributed by atoms with Gasteiger partial charge in [0.2, 0.25) is 0 Å². The second kappa shape index (κ2) is 6.89. The van der Waals surface area contributed by atoms with Crippen LogP contribution in [0.1, 0.15) is 11.1 Å². The predicted molar refractivity (Wildman–Crippen MR) is 77.1 cm³/mol. The van der Waals surface area contributed by atoms with Crippen molar-refractivity contribution in [2.45, 2.75) is 11.9 Å². The number of hydrogen-bond acceptors (Lipinski definition) is 3. The minimum absolute atomic E-state index is 0.239. The van der Waals surface area contributed by atoms with Gasteiger partial charge in [-0.3, -0.25) is 5.32 Å². The van der Waals surface area contributed by atoms with Gasteiger partial charge in [0.1, 0.15) is 12.4 Å². The fraction of sp³-hybridized carbons (Fsp3) is 0.143. The lowest BCUT2D eigenvalue weighted by atomic mass is 10.2. The Morgan fingerprint density at radius 3 is 2.74 bits per heavy atom. The molecule has 0 saturated carbocycles. The van der Waals surface area contributed by atoms with Crippen molar-refractivity contribution in [3.63, 3.8) is 0 Å². The molecule has 2 rings (SSSR count). The van der Waals surface area contributed by atoms with E-state index in [4.69, 9.17) is 4.74 Å². The number of nitrogens with one attached hydrogen (secondary N) is 1. The molecule has 0 saturated heterocycles. The largest absolute Gasteiger partial charge is 0.444 e. The fourth-order valence-corrected chi connectivity index (χ4v) is 1.97. The lowest BCUT2D eigenvalue weighted by molar-refractivity contribution is 0.155. The Morgan fingerprint density at radius 1 is 1.21 bits per heavy atom. The molecule has 0 bridgehead atoms. The Labute approximate surface area is 119 Å². The molecule has 0 atom stereocenters. The number of carbonyl (C=O) groups is 1. The zero-order valence-electron chi connectivity index (χ0n) is 10.2. The normalized spacial score (nSPS) is 9.95. The highest BCUT2D eigenvalue weighted by Gasteiger charge is 2.08. The van der Waals surface area contributed by atoms with Crippen LogP contribution in [0, 0.1) is 0 Å². The first-order valence-electron chi connectivity index (χ1n) is 5.77. The number of benzene rings is 1. The summed E-state index contributed by atoms with van der Waals surface area (Å²) in [5, 5.41) is 3.25. The van der Waals surface area contributed by atoms with Gasteiger partial charge in [-0.25, -0.2) is 9.78 Å². The third-order valence-electron chi connectivity index (χ3n) is 2.47. The quantitative estimate of drug-likeness (QED) is 0.873. The summed E-state index contributed by atoms with van der Waals surface area (Å²) in [5.74, 6) is 0.512. The van der Waals surface area contributed by atoms with E-state index in [0.717, 1.165) is 11.1 Å². The number of aromatic nitrogens is 1. The SMILES string of the molecule is O=C(Nc1ncccc1CBr)OCc1ccccc1. The first-order valence-corrected chi connectivity index (χ1v) is 6.89. The van der Waals surface area contributed by atoms with Gasteiger partial charge in [-0.15, -0.1) is 0 Å². The number of rotatable bonds is 4. The summed E-state index contributed by atoms with van der Waals surface area (Å²) in [6.45, 7) is 0.239. The third kappa shape index (κ3) is 4.06. The Morgan fingerprint density at radius 2 is 2.00 bits per heavy atom. The van der Waals surface area contributed by atoms with E-state index in [-0.39, 0.29) is 6.61 Å². The first kappa shape index (κ1) is 13.5. The van der Waals surface area contributed by atoms with Gasteiger partial charge in [0.15, 0.2) is 0 Å². The molecule has 0 aliphatic rings. The third-order valence-corrected chi connectivity index (χ3v) is 3.07. The van der Waals surface area contributed by atoms with Crippen LogP contribution < -0.4 is 5.32 Å². The fourth-order valence-electron chi connectivity index (χ4n) is 1.51. The highest BCUT2D eigenvalue weighted by molar-refractivity contribution is 9.08. The molecule has 1 amide bonds. The van der Waals surface area contributed by atoms with E-state index < -0.39 is 6.09 Å². The number of ether oxygens (including phenoxy) is 1. The number of nitrogens with zero attached hydrogens (tertiary/aromatic N) is 1. The molecular weight excluding hydrogens is 308 g/mol. The molecule has 98 valence electrons. The minimum Gasteiger partial charge on any atom is -0.444 e. The summed E-state index contributed by atoms with van der Waals surface area (Å²) in [6, 6.07) is 13.2. The Hall–Kier alpha value is -1.88. The van der Waals surface area contributed by atoms with Crippen LogP contribution in [0.4, 0.5) is 10.6 Å². The summed E-state index contributed by atoms with van der Waals surface area (Å²) < 4.78 is 5.13. The van der Waals surface area contributed by atoms with Crippen LogP contribution in [0.2, 0.25) is 0 Å². The van der Waals surface area contributed by atoms with Gasteiger partial charge in [-0.1, -0.05) is 52.3 Å². The van der Waals surface area contributed by atoms with Crippen LogP contribution in [-0.4, -0.2) is 11.1 Å². The number of anilines is 1. The van der Waals surface area contributed by atoms with E-state index >= 15 is 0 Å². The number of halogens is 1. The summed E-state index contributed by atoms with van der Waals surface area (Å²) in [6.07, 6.45) is 1.11. The molecule has 19 heavy (non-hydrogen) atoms. The van der Waals surface area contributed by atoms with Gasteiger partial charge in [0, 0.05) is 17.1 Å². The van der Waals surface area contributed by atoms with Gasteiger partial charge in [-0.05, 0) is 11.6 Å². The summed E-state index contributed by atoms with van der Waals surface area (Å²) >= 11 is 3.34. The standard InChI is InChI=1S/C14H13BrN2O2/c15-9-12-7-4-8-16-13(12)17-14(18)19-10-11-5-2-1-3-6-11/h1-8H,9-10H2,(H,16,17,18). The van der Waals surface area contributed by atoms with E-state index in [1.54, 1.807) is 6.20 Å². The zero-order chi connectivity index (χ0) is 13.5. The molecule has 4 nitrogen and oxygen atoms in total. The van der Waals surface area contributed by atoms with Crippen molar-refractivity contribution in [3.8, 4) is 0 Å². The number of alkyl halides is 1. The maximum absolute atomic E-state index is 11.7. The molecule has 1 N–H and O–H groups in total. The highest BCUT2D eigenvalue weighted by atomic mass is 79.9. The van der Waals surface area contributed by atoms with Crippen molar-refractivity contribution in [2.24, 2.45) is 0 Å². The van der Waals surface area contributed by atoms with Crippen molar-refractivity contribution in [2.75, 3.05) is 5.32 Å². The second-order valence-electron chi connectivity index (χ2n) is 3.83. The molecule has 0 fully saturated rings. The lowest BCUT2D eigenvalue weighted by Crippen LogP contribution is -2.15. The molecule has 0 radical (unpaired) electrons. The molecule has 0 aliphatic carbocycles. The molecule has 2 aromatic rings. The minimum atomic E-state index is -0.509. The first-order chi connectivity index (χ1) is 9.29. The van der Waals surface area contributed by atoms with E-state index in [9.17, 15) is 4.79 Å². The van der Waals surface area contributed by atoms with Crippen LogP contribution in [-0.2, 0) is 16.7 Å². The van der Waals surface area contributed by atoms with Crippen LogP contribution in [0.15, 0.2) is 48.7 Å².